The van der Waals surface area contributed by atoms with Crippen molar-refractivity contribution < 1.29 is 17.9 Å². The smallest absolute Gasteiger partial charge is 0.405 e. The summed E-state index contributed by atoms with van der Waals surface area (Å²) >= 11 is 0. The Morgan fingerprint density at radius 2 is 1.66 bits per heavy atom. The van der Waals surface area contributed by atoms with Gasteiger partial charge in [-0.25, -0.2) is 0 Å². The Labute approximate surface area is 167 Å². The number of hydrogen-bond acceptors (Lipinski definition) is 3. The SMILES string of the molecule is CN=C(NCc1ccc(N2CC=CC2)cc1)NCc1ccccc1OC(F)(F)F. The maximum atomic E-state index is 12.5. The predicted molar refractivity (Wildman–Crippen MR) is 108 cm³/mol. The summed E-state index contributed by atoms with van der Waals surface area (Å²) in [6.45, 7) is 2.53. The molecule has 0 saturated heterocycles. The molecule has 2 aromatic rings. The summed E-state index contributed by atoms with van der Waals surface area (Å²) in [7, 11) is 1.61. The van der Waals surface area contributed by atoms with Gasteiger partial charge in [-0.15, -0.1) is 13.2 Å². The molecule has 0 atom stereocenters. The third kappa shape index (κ3) is 6.17. The summed E-state index contributed by atoms with van der Waals surface area (Å²) in [5, 5.41) is 6.18. The van der Waals surface area contributed by atoms with E-state index in [2.05, 4.69) is 49.5 Å². The molecule has 2 aromatic carbocycles. The first-order valence-electron chi connectivity index (χ1n) is 9.21. The number of hydrogen-bond donors (Lipinski definition) is 2. The van der Waals surface area contributed by atoms with Crippen LogP contribution >= 0.6 is 0 Å². The van der Waals surface area contributed by atoms with Crippen molar-refractivity contribution in [2.45, 2.75) is 19.5 Å². The van der Waals surface area contributed by atoms with Crippen molar-refractivity contribution in [2.75, 3.05) is 25.0 Å². The summed E-state index contributed by atoms with van der Waals surface area (Å²) in [5.41, 5.74) is 2.63. The molecule has 0 saturated carbocycles. The van der Waals surface area contributed by atoms with Gasteiger partial charge in [0.1, 0.15) is 5.75 Å². The van der Waals surface area contributed by atoms with Gasteiger partial charge in [-0.3, -0.25) is 4.99 Å². The van der Waals surface area contributed by atoms with Gasteiger partial charge in [-0.1, -0.05) is 42.5 Å². The highest BCUT2D eigenvalue weighted by Gasteiger charge is 2.31. The molecule has 0 amide bonds. The van der Waals surface area contributed by atoms with Crippen LogP contribution in [-0.2, 0) is 13.1 Å². The zero-order valence-electron chi connectivity index (χ0n) is 16.0. The van der Waals surface area contributed by atoms with E-state index in [0.717, 1.165) is 18.7 Å². The van der Waals surface area contributed by atoms with Crippen LogP contribution < -0.4 is 20.3 Å². The Morgan fingerprint density at radius 3 is 2.31 bits per heavy atom. The van der Waals surface area contributed by atoms with Gasteiger partial charge in [-0.05, 0) is 23.8 Å². The molecule has 0 aliphatic carbocycles. The van der Waals surface area contributed by atoms with E-state index in [1.165, 1.54) is 17.8 Å². The maximum absolute atomic E-state index is 12.5. The Kier molecular flexibility index (Phi) is 6.64. The van der Waals surface area contributed by atoms with Crippen LogP contribution in [0.2, 0.25) is 0 Å². The molecule has 5 nitrogen and oxygen atoms in total. The number of alkyl halides is 3. The molecule has 29 heavy (non-hydrogen) atoms. The van der Waals surface area contributed by atoms with Gasteiger partial charge >= 0.3 is 6.36 Å². The molecule has 2 N–H and O–H groups in total. The number of para-hydroxylation sites is 1. The van der Waals surface area contributed by atoms with Crippen molar-refractivity contribution in [1.29, 1.82) is 0 Å². The summed E-state index contributed by atoms with van der Waals surface area (Å²) in [4.78, 5) is 6.38. The highest BCUT2D eigenvalue weighted by atomic mass is 19.4. The molecule has 0 fully saturated rings. The second kappa shape index (κ2) is 9.36. The van der Waals surface area contributed by atoms with Gasteiger partial charge in [-0.2, -0.15) is 0 Å². The van der Waals surface area contributed by atoms with Gasteiger partial charge in [0.25, 0.3) is 0 Å². The number of rotatable bonds is 6. The molecule has 1 aliphatic rings. The van der Waals surface area contributed by atoms with Crippen molar-refractivity contribution >= 4 is 11.6 Å². The van der Waals surface area contributed by atoms with Crippen molar-refractivity contribution in [3.05, 3.63) is 71.8 Å². The van der Waals surface area contributed by atoms with Crippen LogP contribution in [-0.4, -0.2) is 32.5 Å². The topological polar surface area (TPSA) is 48.9 Å². The van der Waals surface area contributed by atoms with E-state index in [1.807, 2.05) is 12.1 Å². The maximum Gasteiger partial charge on any atom is 0.573 e. The van der Waals surface area contributed by atoms with Crippen LogP contribution in [0.1, 0.15) is 11.1 Å². The highest BCUT2D eigenvalue weighted by molar-refractivity contribution is 5.79. The quantitative estimate of drug-likeness (QED) is 0.437. The Bertz CT molecular complexity index is 855. The molecular weight excluding hydrogens is 381 g/mol. The van der Waals surface area contributed by atoms with Crippen molar-refractivity contribution in [3.8, 4) is 5.75 Å². The fourth-order valence-electron chi connectivity index (χ4n) is 2.97. The second-order valence-electron chi connectivity index (χ2n) is 6.48. The zero-order valence-corrected chi connectivity index (χ0v) is 16.0. The van der Waals surface area contributed by atoms with E-state index >= 15 is 0 Å². The zero-order chi connectivity index (χ0) is 20.7. The Morgan fingerprint density at radius 1 is 1.00 bits per heavy atom. The van der Waals surface area contributed by atoms with Gasteiger partial charge in [0.2, 0.25) is 0 Å². The largest absolute Gasteiger partial charge is 0.573 e. The van der Waals surface area contributed by atoms with Gasteiger partial charge in [0.15, 0.2) is 5.96 Å². The lowest BCUT2D eigenvalue weighted by Gasteiger charge is -2.18. The average molecular weight is 404 g/mol. The second-order valence-corrected chi connectivity index (χ2v) is 6.48. The fraction of sp³-hybridized carbons (Fsp3) is 0.286. The number of aliphatic imine (C=N–C) groups is 1. The number of nitrogens with zero attached hydrogens (tertiary/aromatic N) is 2. The van der Waals surface area contributed by atoms with E-state index in [9.17, 15) is 13.2 Å². The van der Waals surface area contributed by atoms with Crippen LogP contribution in [0.3, 0.4) is 0 Å². The fourth-order valence-corrected chi connectivity index (χ4v) is 2.97. The first kappa shape index (κ1) is 20.6. The van der Waals surface area contributed by atoms with Crippen LogP contribution in [0.5, 0.6) is 5.75 Å². The molecule has 0 radical (unpaired) electrons. The number of nitrogens with one attached hydrogen (secondary N) is 2. The Balaban J connectivity index is 1.52. The summed E-state index contributed by atoms with van der Waals surface area (Å²) in [6.07, 6.45) is -0.445. The lowest BCUT2D eigenvalue weighted by atomic mass is 10.2. The number of halogens is 3. The van der Waals surface area contributed by atoms with E-state index in [-0.39, 0.29) is 12.3 Å². The summed E-state index contributed by atoms with van der Waals surface area (Å²) in [6, 6.07) is 14.3. The van der Waals surface area contributed by atoms with E-state index in [1.54, 1.807) is 19.2 Å². The molecule has 8 heteroatoms. The van der Waals surface area contributed by atoms with Gasteiger partial charge in [0.05, 0.1) is 0 Å². The van der Waals surface area contributed by atoms with Crippen molar-refractivity contribution in [2.24, 2.45) is 4.99 Å². The third-order valence-corrected chi connectivity index (χ3v) is 4.45. The normalized spacial score (nSPS) is 14.2. The summed E-state index contributed by atoms with van der Waals surface area (Å²) < 4.78 is 41.7. The van der Waals surface area contributed by atoms with E-state index in [4.69, 9.17) is 0 Å². The van der Waals surface area contributed by atoms with Gasteiger partial charge in [0, 0.05) is 44.5 Å². The molecule has 0 bridgehead atoms. The molecule has 154 valence electrons. The lowest BCUT2D eigenvalue weighted by molar-refractivity contribution is -0.274. The molecule has 0 unspecified atom stereocenters. The minimum absolute atomic E-state index is 0.146. The van der Waals surface area contributed by atoms with Gasteiger partial charge < -0.3 is 20.3 Å². The minimum Gasteiger partial charge on any atom is -0.405 e. The number of ether oxygens (including phenoxy) is 1. The first-order chi connectivity index (χ1) is 13.9. The van der Waals surface area contributed by atoms with E-state index < -0.39 is 6.36 Å². The Hall–Kier alpha value is -3.16. The van der Waals surface area contributed by atoms with Crippen LogP contribution in [0.15, 0.2) is 65.7 Å². The molecule has 1 heterocycles. The highest BCUT2D eigenvalue weighted by Crippen LogP contribution is 2.26. The number of guanidine groups is 1. The van der Waals surface area contributed by atoms with E-state index in [0.29, 0.717) is 18.1 Å². The molecule has 3 rings (SSSR count). The summed E-state index contributed by atoms with van der Waals surface area (Å²) in [5.74, 6) is 0.259. The van der Waals surface area contributed by atoms with Crippen molar-refractivity contribution in [1.82, 2.24) is 10.6 Å². The third-order valence-electron chi connectivity index (χ3n) is 4.45. The monoisotopic (exact) mass is 404 g/mol. The first-order valence-corrected chi connectivity index (χ1v) is 9.21. The average Bonchev–Trinajstić information content (AvgIpc) is 3.23. The number of anilines is 1. The lowest BCUT2D eigenvalue weighted by Crippen LogP contribution is -2.36. The molecule has 0 aromatic heterocycles. The van der Waals surface area contributed by atoms with Crippen LogP contribution in [0.4, 0.5) is 18.9 Å². The standard InChI is InChI=1S/C21H23F3N4O/c1-25-20(27-15-17-6-2-3-7-19(17)29-21(22,23)24)26-14-16-8-10-18(11-9-16)28-12-4-5-13-28/h2-11H,12-15H2,1H3,(H2,25,26,27). The van der Waals surface area contributed by atoms with Crippen LogP contribution in [0, 0.1) is 0 Å². The van der Waals surface area contributed by atoms with Crippen LogP contribution in [0.25, 0.3) is 0 Å². The minimum atomic E-state index is -4.73. The van der Waals surface area contributed by atoms with Crippen molar-refractivity contribution in [3.63, 3.8) is 0 Å². The molecular formula is C21H23F3N4O. The molecule has 1 aliphatic heterocycles. The number of benzene rings is 2. The molecule has 0 spiro atoms. The predicted octanol–water partition coefficient (Wildman–Crippen LogP) is 3.83.